The van der Waals surface area contributed by atoms with Crippen LogP contribution in [0.2, 0.25) is 0 Å². The molecular formula is C10H13N3O3. The molecule has 0 radical (unpaired) electrons. The van der Waals surface area contributed by atoms with Gasteiger partial charge in [0.1, 0.15) is 5.56 Å². The quantitative estimate of drug-likeness (QED) is 0.602. The van der Waals surface area contributed by atoms with E-state index in [9.17, 15) is 14.9 Å². The third-order valence-electron chi connectivity index (χ3n) is 2.02. The number of primary amides is 1. The van der Waals surface area contributed by atoms with E-state index in [1.165, 1.54) is 12.1 Å². The second-order valence-corrected chi connectivity index (χ2v) is 3.71. The Morgan fingerprint density at radius 2 is 2.12 bits per heavy atom. The average molecular weight is 223 g/mol. The number of amides is 1. The Hall–Kier alpha value is -1.95. The smallest absolute Gasteiger partial charge is 0.282 e. The van der Waals surface area contributed by atoms with E-state index in [4.69, 9.17) is 5.73 Å². The number of benzene rings is 1. The predicted molar refractivity (Wildman–Crippen MR) is 59.0 cm³/mol. The Morgan fingerprint density at radius 3 is 2.56 bits per heavy atom. The maximum atomic E-state index is 11.0. The van der Waals surface area contributed by atoms with Crippen molar-refractivity contribution in [1.82, 2.24) is 4.90 Å². The summed E-state index contributed by atoms with van der Waals surface area (Å²) < 4.78 is 0. The second-order valence-electron chi connectivity index (χ2n) is 3.71. The number of carbonyl (C=O) groups excluding carboxylic acids is 1. The van der Waals surface area contributed by atoms with Crippen LogP contribution in [0.15, 0.2) is 18.2 Å². The van der Waals surface area contributed by atoms with Crippen molar-refractivity contribution in [1.29, 1.82) is 0 Å². The number of nitro benzene ring substituents is 1. The van der Waals surface area contributed by atoms with Crippen molar-refractivity contribution in [3.05, 3.63) is 39.4 Å². The van der Waals surface area contributed by atoms with E-state index in [0.717, 1.165) is 5.56 Å². The van der Waals surface area contributed by atoms with Gasteiger partial charge in [-0.3, -0.25) is 14.9 Å². The maximum absolute atomic E-state index is 11.0. The van der Waals surface area contributed by atoms with Gasteiger partial charge in [-0.25, -0.2) is 0 Å². The molecule has 0 saturated carbocycles. The van der Waals surface area contributed by atoms with Crippen molar-refractivity contribution in [3.63, 3.8) is 0 Å². The lowest BCUT2D eigenvalue weighted by molar-refractivity contribution is -0.385. The molecule has 0 aliphatic rings. The number of nitrogens with two attached hydrogens (primary N) is 1. The summed E-state index contributed by atoms with van der Waals surface area (Å²) in [5, 5.41) is 10.7. The number of hydrogen-bond acceptors (Lipinski definition) is 4. The monoisotopic (exact) mass is 223 g/mol. The zero-order valence-corrected chi connectivity index (χ0v) is 9.14. The highest BCUT2D eigenvalue weighted by atomic mass is 16.6. The van der Waals surface area contributed by atoms with Crippen LogP contribution in [0.4, 0.5) is 5.69 Å². The molecule has 0 aromatic heterocycles. The molecule has 2 N–H and O–H groups in total. The highest BCUT2D eigenvalue weighted by Gasteiger charge is 2.18. The molecule has 0 fully saturated rings. The Morgan fingerprint density at radius 1 is 1.50 bits per heavy atom. The first-order chi connectivity index (χ1) is 7.41. The number of nitro groups is 1. The maximum Gasteiger partial charge on any atom is 0.282 e. The summed E-state index contributed by atoms with van der Waals surface area (Å²) in [7, 11) is 3.71. The van der Waals surface area contributed by atoms with Crippen LogP contribution in [0.3, 0.4) is 0 Å². The molecule has 0 spiro atoms. The summed E-state index contributed by atoms with van der Waals surface area (Å²) in [6, 6.07) is 4.42. The normalized spacial score (nSPS) is 10.4. The molecule has 1 aromatic carbocycles. The molecule has 6 nitrogen and oxygen atoms in total. The molecule has 0 aliphatic carbocycles. The molecule has 16 heavy (non-hydrogen) atoms. The minimum Gasteiger partial charge on any atom is -0.365 e. The Bertz CT molecular complexity index is 429. The van der Waals surface area contributed by atoms with E-state index >= 15 is 0 Å². The number of hydrogen-bond donors (Lipinski definition) is 1. The lowest BCUT2D eigenvalue weighted by atomic mass is 10.1. The van der Waals surface area contributed by atoms with E-state index in [1.54, 1.807) is 6.07 Å². The van der Waals surface area contributed by atoms with Crippen LogP contribution in [-0.4, -0.2) is 29.8 Å². The van der Waals surface area contributed by atoms with Crippen LogP contribution in [-0.2, 0) is 6.54 Å². The minimum absolute atomic E-state index is 0.0625. The van der Waals surface area contributed by atoms with Crippen LogP contribution >= 0.6 is 0 Å². The van der Waals surface area contributed by atoms with Crippen LogP contribution in [0.1, 0.15) is 15.9 Å². The molecule has 0 saturated heterocycles. The lowest BCUT2D eigenvalue weighted by Crippen LogP contribution is -2.15. The van der Waals surface area contributed by atoms with Gasteiger partial charge in [-0.1, -0.05) is 6.07 Å². The Balaban J connectivity index is 3.17. The summed E-state index contributed by atoms with van der Waals surface area (Å²) in [5.74, 6) is -0.789. The number of carbonyl (C=O) groups is 1. The fraction of sp³-hybridized carbons (Fsp3) is 0.300. The van der Waals surface area contributed by atoms with Crippen molar-refractivity contribution in [2.24, 2.45) is 5.73 Å². The first-order valence-corrected chi connectivity index (χ1v) is 4.63. The van der Waals surface area contributed by atoms with Gasteiger partial charge in [0.2, 0.25) is 0 Å². The van der Waals surface area contributed by atoms with Crippen molar-refractivity contribution < 1.29 is 9.72 Å². The summed E-state index contributed by atoms with van der Waals surface area (Å²) in [5.41, 5.74) is 5.51. The summed E-state index contributed by atoms with van der Waals surface area (Å²) >= 11 is 0. The molecule has 0 bridgehead atoms. The van der Waals surface area contributed by atoms with Gasteiger partial charge in [0.15, 0.2) is 0 Å². The first-order valence-electron chi connectivity index (χ1n) is 4.63. The highest BCUT2D eigenvalue weighted by molar-refractivity contribution is 5.96. The van der Waals surface area contributed by atoms with E-state index in [2.05, 4.69) is 0 Å². The number of nitrogens with zero attached hydrogens (tertiary/aromatic N) is 2. The molecule has 0 unspecified atom stereocenters. The third-order valence-corrected chi connectivity index (χ3v) is 2.02. The molecule has 0 atom stereocenters. The molecular weight excluding hydrogens is 210 g/mol. The molecule has 1 aromatic rings. The van der Waals surface area contributed by atoms with Crippen LogP contribution in [0, 0.1) is 10.1 Å². The van der Waals surface area contributed by atoms with Crippen molar-refractivity contribution in [2.75, 3.05) is 14.1 Å². The first kappa shape index (κ1) is 12.1. The van der Waals surface area contributed by atoms with Crippen LogP contribution in [0.25, 0.3) is 0 Å². The fourth-order valence-electron chi connectivity index (χ4n) is 1.40. The van der Waals surface area contributed by atoms with E-state index in [1.807, 2.05) is 19.0 Å². The van der Waals surface area contributed by atoms with Gasteiger partial charge in [0.25, 0.3) is 11.6 Å². The molecule has 0 heterocycles. The average Bonchev–Trinajstić information content (AvgIpc) is 2.16. The summed E-state index contributed by atoms with van der Waals surface area (Å²) in [6.45, 7) is 0.569. The zero-order chi connectivity index (χ0) is 12.3. The Labute approximate surface area is 92.8 Å². The van der Waals surface area contributed by atoms with Gasteiger partial charge in [0, 0.05) is 12.6 Å². The fourth-order valence-corrected chi connectivity index (χ4v) is 1.40. The van der Waals surface area contributed by atoms with Crippen molar-refractivity contribution in [3.8, 4) is 0 Å². The van der Waals surface area contributed by atoms with E-state index in [-0.39, 0.29) is 11.3 Å². The molecule has 1 amide bonds. The molecule has 1 rings (SSSR count). The lowest BCUT2D eigenvalue weighted by Gasteiger charge is -2.09. The summed E-state index contributed by atoms with van der Waals surface area (Å²) in [6.07, 6.45) is 0. The van der Waals surface area contributed by atoms with Gasteiger partial charge in [-0.2, -0.15) is 0 Å². The zero-order valence-electron chi connectivity index (χ0n) is 9.14. The van der Waals surface area contributed by atoms with E-state index < -0.39 is 10.8 Å². The minimum atomic E-state index is -0.789. The van der Waals surface area contributed by atoms with E-state index in [0.29, 0.717) is 6.54 Å². The molecule has 6 heteroatoms. The van der Waals surface area contributed by atoms with Gasteiger partial charge in [0.05, 0.1) is 4.92 Å². The highest BCUT2D eigenvalue weighted by Crippen LogP contribution is 2.20. The molecule has 86 valence electrons. The topological polar surface area (TPSA) is 89.5 Å². The van der Waals surface area contributed by atoms with Gasteiger partial charge < -0.3 is 10.6 Å². The van der Waals surface area contributed by atoms with Gasteiger partial charge in [-0.15, -0.1) is 0 Å². The van der Waals surface area contributed by atoms with Crippen LogP contribution in [0.5, 0.6) is 0 Å². The van der Waals surface area contributed by atoms with Gasteiger partial charge >= 0.3 is 0 Å². The Kier molecular flexibility index (Phi) is 3.57. The second kappa shape index (κ2) is 4.71. The van der Waals surface area contributed by atoms with Crippen molar-refractivity contribution >= 4 is 11.6 Å². The predicted octanol–water partition coefficient (Wildman–Crippen LogP) is 0.755. The van der Waals surface area contributed by atoms with Crippen molar-refractivity contribution in [2.45, 2.75) is 6.54 Å². The number of rotatable bonds is 4. The molecule has 0 aliphatic heterocycles. The summed E-state index contributed by atoms with van der Waals surface area (Å²) in [4.78, 5) is 23.0. The third kappa shape index (κ3) is 2.77. The largest absolute Gasteiger partial charge is 0.365 e. The standard InChI is InChI=1S/C10H13N3O3/c1-12(2)6-7-3-4-8(10(11)14)9(5-7)13(15)16/h3-5H,6H2,1-2H3,(H2,11,14). The van der Waals surface area contributed by atoms with Gasteiger partial charge in [-0.05, 0) is 25.7 Å². The SMILES string of the molecule is CN(C)Cc1ccc(C(N)=O)c([N+](=O)[O-])c1. The van der Waals surface area contributed by atoms with Crippen LogP contribution < -0.4 is 5.73 Å².